The standard InChI is InChI=1S/C23H26ClNO2/c24-20-9-7-19(8-10-20)23(12-3-4-13-23)21(26)25-16-22(27)14-11-17-5-1-2-6-18(17)15-22/h1-2,5-10,27H,3-4,11-16H2,(H,25,26). The van der Waals surface area contributed by atoms with Crippen LogP contribution in [0.5, 0.6) is 0 Å². The molecule has 0 radical (unpaired) electrons. The van der Waals surface area contributed by atoms with Crippen molar-refractivity contribution >= 4 is 17.5 Å². The number of hydrogen-bond acceptors (Lipinski definition) is 2. The van der Waals surface area contributed by atoms with E-state index in [9.17, 15) is 9.90 Å². The third-order valence-electron chi connectivity index (χ3n) is 6.36. The van der Waals surface area contributed by atoms with E-state index in [-0.39, 0.29) is 5.91 Å². The molecule has 0 aliphatic heterocycles. The maximum atomic E-state index is 13.2. The number of aliphatic hydroxyl groups is 1. The van der Waals surface area contributed by atoms with Crippen molar-refractivity contribution in [3.63, 3.8) is 0 Å². The Balaban J connectivity index is 1.49. The SMILES string of the molecule is O=C(NCC1(O)CCc2ccccc2C1)C1(c2ccc(Cl)cc2)CCCC1. The zero-order valence-electron chi connectivity index (χ0n) is 15.5. The molecule has 1 unspecified atom stereocenters. The number of hydrogen-bond donors (Lipinski definition) is 2. The number of rotatable bonds is 4. The molecule has 0 spiro atoms. The fraction of sp³-hybridized carbons (Fsp3) is 0.435. The van der Waals surface area contributed by atoms with Gasteiger partial charge in [0.25, 0.3) is 0 Å². The van der Waals surface area contributed by atoms with E-state index in [0.29, 0.717) is 24.4 Å². The van der Waals surface area contributed by atoms with E-state index in [1.165, 1.54) is 11.1 Å². The van der Waals surface area contributed by atoms with Crippen molar-refractivity contribution in [3.05, 3.63) is 70.2 Å². The quantitative estimate of drug-likeness (QED) is 0.831. The largest absolute Gasteiger partial charge is 0.388 e. The molecule has 1 amide bonds. The summed E-state index contributed by atoms with van der Waals surface area (Å²) in [6.45, 7) is 0.301. The van der Waals surface area contributed by atoms with Crippen LogP contribution in [0.25, 0.3) is 0 Å². The zero-order valence-corrected chi connectivity index (χ0v) is 16.3. The van der Waals surface area contributed by atoms with E-state index >= 15 is 0 Å². The van der Waals surface area contributed by atoms with Crippen molar-refractivity contribution in [3.8, 4) is 0 Å². The highest BCUT2D eigenvalue weighted by molar-refractivity contribution is 6.30. The molecule has 27 heavy (non-hydrogen) atoms. The Hall–Kier alpha value is -1.84. The highest BCUT2D eigenvalue weighted by Crippen LogP contribution is 2.42. The molecule has 2 aliphatic carbocycles. The minimum Gasteiger partial charge on any atom is -0.388 e. The molecular formula is C23H26ClNO2. The van der Waals surface area contributed by atoms with Gasteiger partial charge in [-0.25, -0.2) is 0 Å². The van der Waals surface area contributed by atoms with Crippen LogP contribution >= 0.6 is 11.6 Å². The molecule has 1 atom stereocenters. The van der Waals surface area contributed by atoms with Crippen molar-refractivity contribution in [2.45, 2.75) is 56.0 Å². The molecule has 3 nitrogen and oxygen atoms in total. The first-order valence-corrected chi connectivity index (χ1v) is 10.2. The molecule has 142 valence electrons. The molecule has 2 aromatic rings. The topological polar surface area (TPSA) is 49.3 Å². The zero-order chi connectivity index (χ0) is 18.9. The van der Waals surface area contributed by atoms with Gasteiger partial charge in [-0.3, -0.25) is 4.79 Å². The minimum atomic E-state index is -0.871. The lowest BCUT2D eigenvalue weighted by Crippen LogP contribution is -2.51. The molecule has 4 heteroatoms. The Morgan fingerprint density at radius 2 is 1.67 bits per heavy atom. The summed E-state index contributed by atoms with van der Waals surface area (Å²) in [5.74, 6) is 0.0367. The number of aryl methyl sites for hydroxylation is 1. The average Bonchev–Trinajstić information content (AvgIpc) is 3.18. The first-order chi connectivity index (χ1) is 13.0. The number of carbonyl (C=O) groups excluding carboxylic acids is 1. The summed E-state index contributed by atoms with van der Waals surface area (Å²) in [5, 5.41) is 14.8. The third kappa shape index (κ3) is 3.63. The van der Waals surface area contributed by atoms with E-state index in [1.807, 2.05) is 36.4 Å². The Morgan fingerprint density at radius 1 is 1.00 bits per heavy atom. The number of nitrogens with one attached hydrogen (secondary N) is 1. The van der Waals surface area contributed by atoms with E-state index in [2.05, 4.69) is 17.4 Å². The van der Waals surface area contributed by atoms with Gasteiger partial charge in [-0.2, -0.15) is 0 Å². The molecule has 0 saturated heterocycles. The lowest BCUT2D eigenvalue weighted by molar-refractivity contribution is -0.128. The predicted molar refractivity (Wildman–Crippen MR) is 108 cm³/mol. The third-order valence-corrected chi connectivity index (χ3v) is 6.62. The Kier molecular flexibility index (Phi) is 5.00. The summed E-state index contributed by atoms with van der Waals surface area (Å²) in [6, 6.07) is 15.9. The summed E-state index contributed by atoms with van der Waals surface area (Å²) in [5.41, 5.74) is 2.16. The molecule has 2 N–H and O–H groups in total. The van der Waals surface area contributed by atoms with Crippen LogP contribution in [-0.4, -0.2) is 23.2 Å². The van der Waals surface area contributed by atoms with Crippen molar-refractivity contribution in [1.82, 2.24) is 5.32 Å². The Bertz CT molecular complexity index is 827. The lowest BCUT2D eigenvalue weighted by atomic mass is 9.77. The first-order valence-electron chi connectivity index (χ1n) is 9.84. The molecule has 2 aliphatic rings. The predicted octanol–water partition coefficient (Wildman–Crippen LogP) is 4.19. The van der Waals surface area contributed by atoms with Crippen LogP contribution in [0.15, 0.2) is 48.5 Å². The van der Waals surface area contributed by atoms with Crippen LogP contribution in [0.4, 0.5) is 0 Å². The van der Waals surface area contributed by atoms with Crippen LogP contribution < -0.4 is 5.32 Å². The van der Waals surface area contributed by atoms with E-state index < -0.39 is 11.0 Å². The molecule has 4 rings (SSSR count). The van der Waals surface area contributed by atoms with E-state index in [4.69, 9.17) is 11.6 Å². The average molecular weight is 384 g/mol. The number of fused-ring (bicyclic) bond motifs is 1. The second kappa shape index (κ2) is 7.29. The van der Waals surface area contributed by atoms with Crippen molar-refractivity contribution in [1.29, 1.82) is 0 Å². The summed E-state index contributed by atoms with van der Waals surface area (Å²) >= 11 is 6.03. The van der Waals surface area contributed by atoms with Gasteiger partial charge in [0.2, 0.25) is 5.91 Å². The van der Waals surface area contributed by atoms with Crippen LogP contribution in [0.1, 0.15) is 48.8 Å². The maximum absolute atomic E-state index is 13.2. The molecular weight excluding hydrogens is 358 g/mol. The van der Waals surface area contributed by atoms with Crippen LogP contribution in [0.3, 0.4) is 0 Å². The second-order valence-electron chi connectivity index (χ2n) is 8.15. The Morgan fingerprint density at radius 3 is 2.37 bits per heavy atom. The van der Waals surface area contributed by atoms with Gasteiger partial charge in [-0.05, 0) is 54.5 Å². The van der Waals surface area contributed by atoms with E-state index in [1.54, 1.807) is 0 Å². The second-order valence-corrected chi connectivity index (χ2v) is 8.59. The molecule has 0 bridgehead atoms. The highest BCUT2D eigenvalue weighted by Gasteiger charge is 2.43. The van der Waals surface area contributed by atoms with Crippen molar-refractivity contribution in [2.75, 3.05) is 6.54 Å². The van der Waals surface area contributed by atoms with Crippen molar-refractivity contribution < 1.29 is 9.90 Å². The summed E-state index contributed by atoms with van der Waals surface area (Å²) < 4.78 is 0. The smallest absolute Gasteiger partial charge is 0.230 e. The Labute approximate surface area is 165 Å². The van der Waals surface area contributed by atoms with Crippen LogP contribution in [0, 0.1) is 0 Å². The van der Waals surface area contributed by atoms with Gasteiger partial charge in [-0.15, -0.1) is 0 Å². The molecule has 2 aromatic carbocycles. The van der Waals surface area contributed by atoms with E-state index in [0.717, 1.165) is 37.7 Å². The van der Waals surface area contributed by atoms with Crippen molar-refractivity contribution in [2.24, 2.45) is 0 Å². The maximum Gasteiger partial charge on any atom is 0.230 e. The monoisotopic (exact) mass is 383 g/mol. The molecule has 1 fully saturated rings. The summed E-state index contributed by atoms with van der Waals surface area (Å²) in [6.07, 6.45) is 5.92. The highest BCUT2D eigenvalue weighted by atomic mass is 35.5. The number of carbonyl (C=O) groups is 1. The fourth-order valence-electron chi connectivity index (χ4n) is 4.74. The van der Waals surface area contributed by atoms with Gasteiger partial charge in [0.1, 0.15) is 0 Å². The molecule has 0 heterocycles. The molecule has 1 saturated carbocycles. The fourth-order valence-corrected chi connectivity index (χ4v) is 4.87. The minimum absolute atomic E-state index is 0.0367. The van der Waals surface area contributed by atoms with Gasteiger partial charge in [0, 0.05) is 18.0 Å². The van der Waals surface area contributed by atoms with Gasteiger partial charge >= 0.3 is 0 Å². The van der Waals surface area contributed by atoms with Gasteiger partial charge in [0.15, 0.2) is 0 Å². The molecule has 0 aromatic heterocycles. The number of benzene rings is 2. The normalized spacial score (nSPS) is 23.6. The summed E-state index contributed by atoms with van der Waals surface area (Å²) in [7, 11) is 0. The van der Waals surface area contributed by atoms with Crippen LogP contribution in [0.2, 0.25) is 5.02 Å². The lowest BCUT2D eigenvalue weighted by Gasteiger charge is -2.35. The number of amides is 1. The van der Waals surface area contributed by atoms with Gasteiger partial charge in [0.05, 0.1) is 11.0 Å². The first kappa shape index (κ1) is 18.5. The van der Waals surface area contributed by atoms with Gasteiger partial charge < -0.3 is 10.4 Å². The number of halogens is 1. The van der Waals surface area contributed by atoms with Crippen LogP contribution in [-0.2, 0) is 23.1 Å². The summed E-state index contributed by atoms with van der Waals surface area (Å²) in [4.78, 5) is 13.2. The van der Waals surface area contributed by atoms with Gasteiger partial charge in [-0.1, -0.05) is 60.8 Å².